The first-order chi connectivity index (χ1) is 35.0. The third kappa shape index (κ3) is 11.3. The van der Waals surface area contributed by atoms with E-state index < -0.39 is 66.0 Å². The van der Waals surface area contributed by atoms with Gasteiger partial charge >= 0.3 is 13.3 Å². The van der Waals surface area contributed by atoms with Gasteiger partial charge in [-0.3, -0.25) is 43.4 Å². The third-order valence-electron chi connectivity index (χ3n) is 13.4. The molecule has 3 aromatic carbocycles. The number of rotatable bonds is 15. The Labute approximate surface area is 433 Å². The zero-order chi connectivity index (χ0) is 53.3. The summed E-state index contributed by atoms with van der Waals surface area (Å²) in [7, 11) is -4.17. The van der Waals surface area contributed by atoms with E-state index in [4.69, 9.17) is 0 Å². The minimum absolute atomic E-state index is 0.0161. The Morgan fingerprint density at radius 2 is 1.77 bits per heavy atom. The van der Waals surface area contributed by atoms with Crippen LogP contribution in [0.3, 0.4) is 0 Å². The summed E-state index contributed by atoms with van der Waals surface area (Å²) >= 11 is 2.41. The molecule has 7 amide bonds. The van der Waals surface area contributed by atoms with Crippen molar-refractivity contribution in [2.45, 2.75) is 96.1 Å². The Kier molecular flexibility index (Phi) is 15.7. The van der Waals surface area contributed by atoms with Gasteiger partial charge in [0, 0.05) is 96.7 Å². The molecule has 388 valence electrons. The molecular formula is C52H54F2N7O10PS2. The molecule has 8 rings (SSSR count). The van der Waals surface area contributed by atoms with Crippen molar-refractivity contribution in [3.05, 3.63) is 105 Å². The number of halogens is 2. The first kappa shape index (κ1) is 53.6. The van der Waals surface area contributed by atoms with Gasteiger partial charge in [-0.05, 0) is 96.6 Å². The number of aromatic nitrogens is 1. The summed E-state index contributed by atoms with van der Waals surface area (Å²) in [6.45, 7) is 6.03. The molecule has 2 saturated heterocycles. The minimum atomic E-state index is -5.84. The van der Waals surface area contributed by atoms with Crippen molar-refractivity contribution in [2.24, 2.45) is 5.41 Å². The number of unbranched alkanes of at least 4 members (excludes halogenated alkanes) is 1. The summed E-state index contributed by atoms with van der Waals surface area (Å²) < 4.78 is 41.0. The molecule has 4 N–H and O–H groups in total. The van der Waals surface area contributed by atoms with Crippen LogP contribution in [0.5, 0.6) is 0 Å². The molecule has 0 spiro atoms. The molecule has 22 heteroatoms. The first-order valence-corrected chi connectivity index (χ1v) is 27.2. The first-order valence-electron chi connectivity index (χ1n) is 23.9. The van der Waals surface area contributed by atoms with Crippen molar-refractivity contribution in [3.63, 3.8) is 0 Å². The second kappa shape index (κ2) is 21.6. The Hall–Kier alpha value is -6.69. The highest BCUT2D eigenvalue weighted by Gasteiger charge is 2.50. The van der Waals surface area contributed by atoms with E-state index >= 15 is 0 Å². The standard InChI is InChI=1S/C52H54F2N7O10PS2/c1-51(2,3)44(57-46(65)41-29-33-28-34(16-20-40(33)74-41)52(53,54)72(69,70)71)50(68)60-25-9-13-39(60)49(67)59(35-17-14-32(15-18-35)47-55-23-27-73-47)26-22-43(63)58(4)24-7-5-6-10-31-11-8-12-36-37(31)30-61(48(36)66)38-19-21-42(62)56-45(38)64/h8,11-12,14-18,20,23,27-29,38-39,44H,5,7,9,13,19,21-22,24-26,30H2,1-4H3,(H,57,65)(H,56,62,64)(H2,69,70,71)/t38-,39+,44-/m1/s1. The highest BCUT2D eigenvalue weighted by Crippen LogP contribution is 2.59. The van der Waals surface area contributed by atoms with Gasteiger partial charge in [-0.25, -0.2) is 4.98 Å². The van der Waals surface area contributed by atoms with E-state index in [-0.39, 0.29) is 66.9 Å². The van der Waals surface area contributed by atoms with Gasteiger partial charge in [-0.2, -0.15) is 8.78 Å². The molecule has 0 radical (unpaired) electrons. The summed E-state index contributed by atoms with van der Waals surface area (Å²) in [4.78, 5) is 124. The number of anilines is 1. The topological polar surface area (TPSA) is 227 Å². The van der Waals surface area contributed by atoms with Crippen molar-refractivity contribution in [2.75, 3.05) is 31.6 Å². The van der Waals surface area contributed by atoms with Crippen molar-refractivity contribution < 1.29 is 56.7 Å². The van der Waals surface area contributed by atoms with Crippen LogP contribution in [0.15, 0.2) is 78.3 Å². The second-order valence-electron chi connectivity index (χ2n) is 19.5. The number of imide groups is 1. The van der Waals surface area contributed by atoms with E-state index in [1.54, 1.807) is 63.2 Å². The van der Waals surface area contributed by atoms with Gasteiger partial charge in [0.1, 0.15) is 23.1 Å². The number of alkyl halides is 2. The number of amides is 7. The molecule has 3 atom stereocenters. The van der Waals surface area contributed by atoms with Crippen LogP contribution in [0.1, 0.15) is 102 Å². The minimum Gasteiger partial charge on any atom is -0.346 e. The fourth-order valence-electron chi connectivity index (χ4n) is 9.30. The number of thiazole rings is 1. The van der Waals surface area contributed by atoms with Crippen LogP contribution >= 0.6 is 30.3 Å². The van der Waals surface area contributed by atoms with Crippen LogP contribution in [-0.4, -0.2) is 116 Å². The molecule has 0 unspecified atom stereocenters. The van der Waals surface area contributed by atoms with Crippen molar-refractivity contribution in [3.8, 4) is 22.4 Å². The highest BCUT2D eigenvalue weighted by atomic mass is 32.1. The van der Waals surface area contributed by atoms with Crippen molar-refractivity contribution in [1.29, 1.82) is 0 Å². The normalized spacial score (nSPS) is 17.4. The fourth-order valence-corrected chi connectivity index (χ4v) is 11.4. The Bertz CT molecular complexity index is 3140. The number of nitrogens with one attached hydrogen (secondary N) is 2. The second-order valence-corrected chi connectivity index (χ2v) is 23.1. The predicted octanol–water partition coefficient (Wildman–Crippen LogP) is 6.86. The fraction of sp³-hybridized carbons (Fsp3) is 0.385. The van der Waals surface area contributed by atoms with Gasteiger partial charge in [-0.1, -0.05) is 44.7 Å². The lowest BCUT2D eigenvalue weighted by molar-refractivity contribution is -0.141. The van der Waals surface area contributed by atoms with Gasteiger partial charge in [-0.15, -0.1) is 22.7 Å². The van der Waals surface area contributed by atoms with Crippen LogP contribution in [0.4, 0.5) is 14.5 Å². The molecule has 3 aliphatic rings. The van der Waals surface area contributed by atoms with E-state index in [0.717, 1.165) is 39.6 Å². The van der Waals surface area contributed by atoms with E-state index in [0.29, 0.717) is 53.7 Å². The summed E-state index contributed by atoms with van der Waals surface area (Å²) in [6, 6.07) is 14.0. The number of nitrogens with zero attached hydrogens (tertiary/aromatic N) is 5. The predicted molar refractivity (Wildman–Crippen MR) is 274 cm³/mol. The van der Waals surface area contributed by atoms with Crippen LogP contribution < -0.4 is 15.5 Å². The zero-order valence-corrected chi connectivity index (χ0v) is 43.5. The number of fused-ring (bicyclic) bond motifs is 2. The molecule has 74 heavy (non-hydrogen) atoms. The number of thiophene rings is 1. The molecule has 3 aliphatic heterocycles. The number of carbonyl (C=O) groups is 7. The molecule has 0 bridgehead atoms. The van der Waals surface area contributed by atoms with Gasteiger partial charge < -0.3 is 34.7 Å². The Morgan fingerprint density at radius 1 is 1.01 bits per heavy atom. The lowest BCUT2D eigenvalue weighted by Crippen LogP contribution is -2.58. The van der Waals surface area contributed by atoms with Gasteiger partial charge in [0.25, 0.3) is 11.8 Å². The maximum atomic E-state index is 14.8. The number of piperidine rings is 1. The largest absolute Gasteiger partial charge is 0.399 e. The lowest BCUT2D eigenvalue weighted by atomic mass is 9.85. The van der Waals surface area contributed by atoms with Crippen LogP contribution in [-0.2, 0) is 40.7 Å². The maximum Gasteiger partial charge on any atom is 0.399 e. The van der Waals surface area contributed by atoms with Crippen LogP contribution in [0, 0.1) is 17.3 Å². The number of benzene rings is 3. The molecule has 0 aliphatic carbocycles. The Morgan fingerprint density at radius 3 is 2.46 bits per heavy atom. The molecule has 5 aromatic rings. The summed E-state index contributed by atoms with van der Waals surface area (Å²) in [5.41, 5.74) is -3.07. The summed E-state index contributed by atoms with van der Waals surface area (Å²) in [5.74, 6) is 3.33. The number of hydrogen-bond acceptors (Lipinski definition) is 11. The molecule has 5 heterocycles. The molecule has 2 aromatic heterocycles. The van der Waals surface area contributed by atoms with Gasteiger partial charge in [0.2, 0.25) is 29.5 Å². The molecule has 0 saturated carbocycles. The Balaban J connectivity index is 0.929. The average Bonchev–Trinajstić information content (AvgIpc) is 4.20. The molecule has 2 fully saturated rings. The van der Waals surface area contributed by atoms with E-state index in [1.165, 1.54) is 38.2 Å². The van der Waals surface area contributed by atoms with Gasteiger partial charge in [0.15, 0.2) is 0 Å². The maximum absolute atomic E-state index is 14.8. The van der Waals surface area contributed by atoms with Crippen molar-refractivity contribution >= 4 is 87.4 Å². The highest BCUT2D eigenvalue weighted by molar-refractivity contribution is 7.52. The van der Waals surface area contributed by atoms with Crippen LogP contribution in [0.2, 0.25) is 0 Å². The monoisotopic (exact) mass is 1070 g/mol. The van der Waals surface area contributed by atoms with E-state index in [9.17, 15) is 56.7 Å². The molecular weight excluding hydrogens is 1020 g/mol. The quantitative estimate of drug-likeness (QED) is 0.0367. The van der Waals surface area contributed by atoms with E-state index in [1.807, 2.05) is 23.6 Å². The lowest BCUT2D eigenvalue weighted by Gasteiger charge is -2.36. The number of carbonyl (C=O) groups excluding carboxylic acids is 7. The zero-order valence-electron chi connectivity index (χ0n) is 40.9. The summed E-state index contributed by atoms with van der Waals surface area (Å²) in [6.07, 6.45) is 3.80. The van der Waals surface area contributed by atoms with Crippen LogP contribution in [0.25, 0.3) is 20.7 Å². The number of likely N-dealkylation sites (tertiary alicyclic amines) is 1. The number of hydrogen-bond donors (Lipinski definition) is 4. The van der Waals surface area contributed by atoms with Gasteiger partial charge in [0.05, 0.1) is 4.88 Å². The SMILES string of the molecule is CN(CCCC#Cc1cccc2c1CN([C@@H]1CCC(=O)NC1=O)C2=O)C(=O)CCN(C(=O)[C@@H]1CCCN1C(=O)[C@@H](NC(=O)c1cc2cc(C(F)(F)P(=O)(O)O)ccc2s1)C(C)(C)C)c1ccc(-c2nccs2)cc1. The van der Waals surface area contributed by atoms with Crippen molar-refractivity contribution in [1.82, 2.24) is 30.3 Å². The van der Waals surface area contributed by atoms with E-state index in [2.05, 4.69) is 27.5 Å². The average molecular weight is 1070 g/mol. The molecule has 17 nitrogen and oxygen atoms in total. The summed E-state index contributed by atoms with van der Waals surface area (Å²) in [5, 5.41) is 7.91. The smallest absolute Gasteiger partial charge is 0.346 e. The third-order valence-corrected chi connectivity index (χ3v) is 16.3.